The van der Waals surface area contributed by atoms with Crippen LogP contribution in [0.3, 0.4) is 0 Å². The predicted molar refractivity (Wildman–Crippen MR) is 46.4 cm³/mol. The molecule has 0 aromatic rings. The van der Waals surface area contributed by atoms with Crippen molar-refractivity contribution < 1.29 is 4.79 Å². The van der Waals surface area contributed by atoms with Gasteiger partial charge in [0.25, 0.3) is 0 Å². The average Bonchev–Trinajstić information content (AvgIpc) is 2.33. The zero-order valence-electron chi connectivity index (χ0n) is 7.60. The first-order valence-corrected chi connectivity index (χ1v) is 4.82. The highest BCUT2D eigenvalue weighted by Crippen LogP contribution is 2.33. The fourth-order valence-corrected chi connectivity index (χ4v) is 2.25. The Kier molecular flexibility index (Phi) is 3.10. The van der Waals surface area contributed by atoms with E-state index < -0.39 is 0 Å². The number of rotatable bonds is 3. The van der Waals surface area contributed by atoms with Crippen molar-refractivity contribution in [3.8, 4) is 0 Å². The molecule has 2 unspecified atom stereocenters. The van der Waals surface area contributed by atoms with Crippen molar-refractivity contribution in [1.82, 2.24) is 0 Å². The van der Waals surface area contributed by atoms with E-state index in [0.717, 1.165) is 25.2 Å². The van der Waals surface area contributed by atoms with E-state index in [1.807, 2.05) is 0 Å². The highest BCUT2D eigenvalue weighted by atomic mass is 16.1. The Morgan fingerprint density at radius 2 is 2.18 bits per heavy atom. The van der Waals surface area contributed by atoms with Crippen molar-refractivity contribution in [2.45, 2.75) is 46.0 Å². The van der Waals surface area contributed by atoms with E-state index in [2.05, 4.69) is 13.8 Å². The molecule has 0 aliphatic heterocycles. The van der Waals surface area contributed by atoms with Crippen molar-refractivity contribution in [2.24, 2.45) is 11.8 Å². The third-order valence-corrected chi connectivity index (χ3v) is 2.84. The van der Waals surface area contributed by atoms with Gasteiger partial charge in [-0.05, 0) is 18.8 Å². The van der Waals surface area contributed by atoms with Gasteiger partial charge in [-0.1, -0.05) is 26.7 Å². The number of Topliss-reactive ketones (excluding diaryl/α,β-unsaturated/α-hetero) is 1. The number of hydrogen-bond acceptors (Lipinski definition) is 1. The van der Waals surface area contributed by atoms with Gasteiger partial charge in [0.15, 0.2) is 0 Å². The summed E-state index contributed by atoms with van der Waals surface area (Å²) in [4.78, 5) is 11.3. The first-order chi connectivity index (χ1) is 5.29. The Bertz CT molecular complexity index is 140. The lowest BCUT2D eigenvalue weighted by molar-refractivity contribution is -0.121. The van der Waals surface area contributed by atoms with Gasteiger partial charge in [0.05, 0.1) is 0 Å². The minimum Gasteiger partial charge on any atom is -0.299 e. The summed E-state index contributed by atoms with van der Waals surface area (Å²) in [5.41, 5.74) is 0. The maximum Gasteiger partial charge on any atom is 0.136 e. The molecule has 0 aromatic carbocycles. The van der Waals surface area contributed by atoms with Crippen LogP contribution < -0.4 is 0 Å². The van der Waals surface area contributed by atoms with Crippen LogP contribution in [0.5, 0.6) is 0 Å². The van der Waals surface area contributed by atoms with Crippen molar-refractivity contribution in [3.05, 3.63) is 0 Å². The largest absolute Gasteiger partial charge is 0.299 e. The third kappa shape index (κ3) is 1.82. The van der Waals surface area contributed by atoms with Crippen molar-refractivity contribution in [1.29, 1.82) is 0 Å². The molecule has 2 atom stereocenters. The summed E-state index contributed by atoms with van der Waals surface area (Å²) in [6.45, 7) is 4.34. The van der Waals surface area contributed by atoms with Crippen LogP contribution in [0.2, 0.25) is 0 Å². The first-order valence-electron chi connectivity index (χ1n) is 4.82. The summed E-state index contributed by atoms with van der Waals surface area (Å²) in [6, 6.07) is 0. The fraction of sp³-hybridized carbons (Fsp3) is 0.900. The molecule has 0 bridgehead atoms. The highest BCUT2D eigenvalue weighted by molar-refractivity contribution is 5.83. The summed E-state index contributed by atoms with van der Waals surface area (Å²) in [6.07, 6.45) is 5.55. The molecule has 1 rings (SSSR count). The van der Waals surface area contributed by atoms with E-state index in [1.54, 1.807) is 0 Å². The van der Waals surface area contributed by atoms with Crippen LogP contribution in [0.1, 0.15) is 46.0 Å². The van der Waals surface area contributed by atoms with Crippen molar-refractivity contribution >= 4 is 5.78 Å². The van der Waals surface area contributed by atoms with Gasteiger partial charge in [-0.15, -0.1) is 0 Å². The monoisotopic (exact) mass is 154 g/mol. The van der Waals surface area contributed by atoms with E-state index in [0.29, 0.717) is 11.7 Å². The van der Waals surface area contributed by atoms with Crippen molar-refractivity contribution in [3.63, 3.8) is 0 Å². The molecule has 64 valence electrons. The van der Waals surface area contributed by atoms with Crippen LogP contribution in [0.4, 0.5) is 0 Å². The van der Waals surface area contributed by atoms with E-state index in [-0.39, 0.29) is 0 Å². The zero-order chi connectivity index (χ0) is 8.27. The molecule has 0 spiro atoms. The lowest BCUT2D eigenvalue weighted by Crippen LogP contribution is -2.13. The molecule has 1 fully saturated rings. The van der Waals surface area contributed by atoms with Crippen LogP contribution >= 0.6 is 0 Å². The van der Waals surface area contributed by atoms with E-state index in [9.17, 15) is 4.79 Å². The predicted octanol–water partition coefficient (Wildman–Crippen LogP) is 2.79. The molecule has 1 aliphatic carbocycles. The number of carbonyl (C=O) groups is 1. The number of carbonyl (C=O) groups excluding carboxylic acids is 1. The molecule has 1 heteroatoms. The Hall–Kier alpha value is -0.330. The quantitative estimate of drug-likeness (QED) is 0.611. The second-order valence-corrected chi connectivity index (χ2v) is 3.57. The smallest absolute Gasteiger partial charge is 0.136 e. The SMILES string of the molecule is CCCC1CCC(=O)C1CC. The van der Waals surface area contributed by atoms with Gasteiger partial charge in [0.2, 0.25) is 0 Å². The third-order valence-electron chi connectivity index (χ3n) is 2.84. The van der Waals surface area contributed by atoms with E-state index in [4.69, 9.17) is 0 Å². The van der Waals surface area contributed by atoms with Crippen LogP contribution in [-0.2, 0) is 4.79 Å². The van der Waals surface area contributed by atoms with E-state index >= 15 is 0 Å². The molecule has 0 aromatic heterocycles. The normalized spacial score (nSPS) is 31.3. The lowest BCUT2D eigenvalue weighted by atomic mass is 9.89. The van der Waals surface area contributed by atoms with Gasteiger partial charge in [0.1, 0.15) is 5.78 Å². The average molecular weight is 154 g/mol. The molecule has 1 nitrogen and oxygen atoms in total. The molecule has 0 radical (unpaired) electrons. The second-order valence-electron chi connectivity index (χ2n) is 3.57. The summed E-state index contributed by atoms with van der Waals surface area (Å²) in [7, 11) is 0. The molecule has 1 aliphatic rings. The minimum atomic E-state index is 0.412. The Morgan fingerprint density at radius 1 is 1.45 bits per heavy atom. The Balaban J connectivity index is 2.47. The molecular formula is C10H18O. The van der Waals surface area contributed by atoms with Crippen LogP contribution in [0.15, 0.2) is 0 Å². The van der Waals surface area contributed by atoms with Gasteiger partial charge in [-0.25, -0.2) is 0 Å². The molecule has 0 amide bonds. The fourth-order valence-electron chi connectivity index (χ4n) is 2.25. The standard InChI is InChI=1S/C10H18O/c1-3-5-8-6-7-10(11)9(8)4-2/h8-9H,3-7H2,1-2H3. The molecular weight excluding hydrogens is 136 g/mol. The second kappa shape index (κ2) is 3.89. The molecule has 11 heavy (non-hydrogen) atoms. The Labute approximate surface area is 69.2 Å². The minimum absolute atomic E-state index is 0.412. The number of hydrogen-bond donors (Lipinski definition) is 0. The lowest BCUT2D eigenvalue weighted by Gasteiger charge is -2.14. The van der Waals surface area contributed by atoms with Crippen LogP contribution in [0, 0.1) is 11.8 Å². The van der Waals surface area contributed by atoms with E-state index in [1.165, 1.54) is 12.8 Å². The first kappa shape index (κ1) is 8.76. The van der Waals surface area contributed by atoms with Crippen molar-refractivity contribution in [2.75, 3.05) is 0 Å². The maximum atomic E-state index is 11.3. The zero-order valence-corrected chi connectivity index (χ0v) is 7.60. The molecule has 0 saturated heterocycles. The summed E-state index contributed by atoms with van der Waals surface area (Å²) in [5, 5.41) is 0. The summed E-state index contributed by atoms with van der Waals surface area (Å²) < 4.78 is 0. The van der Waals surface area contributed by atoms with Gasteiger partial charge >= 0.3 is 0 Å². The van der Waals surface area contributed by atoms with Gasteiger partial charge in [-0.3, -0.25) is 4.79 Å². The maximum absolute atomic E-state index is 11.3. The highest BCUT2D eigenvalue weighted by Gasteiger charge is 2.31. The summed E-state index contributed by atoms with van der Waals surface area (Å²) in [5.74, 6) is 1.65. The number of ketones is 1. The summed E-state index contributed by atoms with van der Waals surface area (Å²) >= 11 is 0. The van der Waals surface area contributed by atoms with Gasteiger partial charge in [-0.2, -0.15) is 0 Å². The topological polar surface area (TPSA) is 17.1 Å². The van der Waals surface area contributed by atoms with Gasteiger partial charge in [0, 0.05) is 12.3 Å². The Morgan fingerprint density at radius 3 is 2.73 bits per heavy atom. The van der Waals surface area contributed by atoms with Crippen LogP contribution in [-0.4, -0.2) is 5.78 Å². The molecule has 1 saturated carbocycles. The van der Waals surface area contributed by atoms with Crippen LogP contribution in [0.25, 0.3) is 0 Å². The van der Waals surface area contributed by atoms with Gasteiger partial charge < -0.3 is 0 Å². The molecule has 0 N–H and O–H groups in total. The molecule has 0 heterocycles.